The van der Waals surface area contributed by atoms with Crippen LogP contribution in [0.25, 0.3) is 0 Å². The van der Waals surface area contributed by atoms with Gasteiger partial charge in [-0.15, -0.1) is 0 Å². The molecule has 0 N–H and O–H groups in total. The van der Waals surface area contributed by atoms with Crippen LogP contribution in [-0.4, -0.2) is 5.16 Å². The van der Waals surface area contributed by atoms with Crippen LogP contribution >= 0.6 is 51.4 Å². The summed E-state index contributed by atoms with van der Waals surface area (Å²) in [4.78, 5) is 0. The molecule has 0 aliphatic heterocycles. The largest absolute Gasteiger partial charge is 0.431 e. The van der Waals surface area contributed by atoms with Crippen LogP contribution in [0.3, 0.4) is 0 Å². The lowest BCUT2D eigenvalue weighted by Crippen LogP contribution is -1.45. The SMILES string of the molecule is S=C=N[P+](Cl)(Cl)Cl. The number of hydrogen-bond acceptors (Lipinski definition) is 2. The van der Waals surface area contributed by atoms with Gasteiger partial charge in [0.05, 0.1) is 0 Å². The minimum absolute atomic E-state index is 1.97. The predicted molar refractivity (Wildman–Crippen MR) is 39.5 cm³/mol. The van der Waals surface area contributed by atoms with Crippen LogP contribution in [0.2, 0.25) is 0 Å². The fourth-order valence-corrected chi connectivity index (χ4v) is 1.25. The molecule has 0 radical (unpaired) electrons. The molecule has 7 heavy (non-hydrogen) atoms. The summed E-state index contributed by atoms with van der Waals surface area (Å²) < 4.78 is 3.23. The Hall–Kier alpha value is 1.10. The maximum Gasteiger partial charge on any atom is 0.431 e. The highest BCUT2D eigenvalue weighted by molar-refractivity contribution is 8.32. The molecule has 6 heteroatoms. The second kappa shape index (κ2) is 3.19. The van der Waals surface area contributed by atoms with E-state index in [1.807, 2.05) is 5.16 Å². The Morgan fingerprint density at radius 3 is 1.86 bits per heavy atom. The number of hydrogen-bond donors (Lipinski definition) is 0. The lowest BCUT2D eigenvalue weighted by atomic mass is 11.8. The van der Waals surface area contributed by atoms with Crippen LogP contribution < -0.4 is 0 Å². The van der Waals surface area contributed by atoms with Gasteiger partial charge in [0.2, 0.25) is 0 Å². The zero-order chi connectivity index (χ0) is 5.91. The van der Waals surface area contributed by atoms with E-state index in [1.165, 1.54) is 0 Å². The van der Waals surface area contributed by atoms with Crippen molar-refractivity contribution in [1.29, 1.82) is 0 Å². The minimum Gasteiger partial charge on any atom is -0.0166 e. The highest BCUT2D eigenvalue weighted by atomic mass is 36.1. The van der Waals surface area contributed by atoms with Gasteiger partial charge >= 0.3 is 5.47 Å². The van der Waals surface area contributed by atoms with Gasteiger partial charge in [0.1, 0.15) is 5.16 Å². The Labute approximate surface area is 61.4 Å². The number of isothiocyanates is 1. The molecule has 0 fully saturated rings. The van der Waals surface area contributed by atoms with Crippen molar-refractivity contribution >= 4 is 56.6 Å². The summed E-state index contributed by atoms with van der Waals surface area (Å²) in [5.74, 6) is 0. The fourth-order valence-electron chi connectivity index (χ4n) is 0.0463. The molecule has 0 aromatic carbocycles. The van der Waals surface area contributed by atoms with Crippen molar-refractivity contribution in [3.63, 3.8) is 0 Å². The van der Waals surface area contributed by atoms with E-state index < -0.39 is 5.47 Å². The number of nitrogens with zero attached hydrogens (tertiary/aromatic N) is 1. The van der Waals surface area contributed by atoms with E-state index in [0.717, 1.165) is 0 Å². The molecule has 0 unspecified atom stereocenters. The van der Waals surface area contributed by atoms with E-state index in [1.54, 1.807) is 0 Å². The molecule has 0 saturated heterocycles. The second-order valence-electron chi connectivity index (χ2n) is 0.610. The molecule has 0 aliphatic rings. The molecule has 0 aliphatic carbocycles. The van der Waals surface area contributed by atoms with Crippen LogP contribution in [0.15, 0.2) is 4.76 Å². The van der Waals surface area contributed by atoms with Crippen molar-refractivity contribution in [2.75, 3.05) is 0 Å². The smallest absolute Gasteiger partial charge is 0.0166 e. The van der Waals surface area contributed by atoms with Crippen LogP contribution in [0.5, 0.6) is 0 Å². The maximum absolute atomic E-state index is 5.18. The van der Waals surface area contributed by atoms with E-state index in [4.69, 9.17) is 33.7 Å². The molecular formula is CCl3NPS+. The first-order chi connectivity index (χ1) is 3.06. The van der Waals surface area contributed by atoms with E-state index in [0.29, 0.717) is 0 Å². The molecule has 0 atom stereocenters. The fraction of sp³-hybridized carbons (Fsp3) is 0. The Bertz CT molecular complexity index is 102. The Morgan fingerprint density at radius 1 is 1.43 bits per heavy atom. The summed E-state index contributed by atoms with van der Waals surface area (Å²) in [5, 5.41) is 1.97. The highest BCUT2D eigenvalue weighted by Gasteiger charge is 2.31. The first kappa shape index (κ1) is 8.10. The molecule has 0 aromatic heterocycles. The Balaban J connectivity index is 3.80. The van der Waals surface area contributed by atoms with Crippen LogP contribution in [-0.2, 0) is 0 Å². The third-order valence-corrected chi connectivity index (χ3v) is 1.39. The molecule has 0 bridgehead atoms. The summed E-state index contributed by atoms with van der Waals surface area (Å²) in [6, 6.07) is 0. The van der Waals surface area contributed by atoms with E-state index in [-0.39, 0.29) is 0 Å². The van der Waals surface area contributed by atoms with Gasteiger partial charge in [0.25, 0.3) is 0 Å². The van der Waals surface area contributed by atoms with Gasteiger partial charge in [0.15, 0.2) is 33.7 Å². The Kier molecular flexibility index (Phi) is 3.69. The summed E-state index contributed by atoms with van der Waals surface area (Å²) in [7, 11) is 0. The lowest BCUT2D eigenvalue weighted by molar-refractivity contribution is 2.01. The van der Waals surface area contributed by atoms with Crippen LogP contribution in [0.4, 0.5) is 0 Å². The zero-order valence-electron chi connectivity index (χ0n) is 2.94. The van der Waals surface area contributed by atoms with Gasteiger partial charge in [-0.2, -0.15) is 0 Å². The molecule has 0 aromatic rings. The third-order valence-electron chi connectivity index (χ3n) is 0.154. The molecule has 40 valence electrons. The van der Waals surface area contributed by atoms with Gasteiger partial charge in [-0.1, -0.05) is 0 Å². The van der Waals surface area contributed by atoms with Crippen LogP contribution in [0, 0.1) is 0 Å². The summed E-state index contributed by atoms with van der Waals surface area (Å²) in [6.07, 6.45) is 0. The normalized spacial score (nSPS) is 10.1. The van der Waals surface area contributed by atoms with Crippen molar-refractivity contribution in [2.45, 2.75) is 0 Å². The van der Waals surface area contributed by atoms with Crippen LogP contribution in [0.1, 0.15) is 0 Å². The standard InChI is InChI=1S/CCl3NPS/c2-6(3,4)5-1-7/q+1. The maximum atomic E-state index is 5.18. The average Bonchev–Trinajstić information content (AvgIpc) is 1.30. The van der Waals surface area contributed by atoms with Crippen molar-refractivity contribution in [2.24, 2.45) is 4.76 Å². The first-order valence-electron chi connectivity index (χ1n) is 1.13. The molecule has 1 nitrogen and oxygen atoms in total. The van der Waals surface area contributed by atoms with E-state index in [2.05, 4.69) is 17.0 Å². The van der Waals surface area contributed by atoms with E-state index in [9.17, 15) is 0 Å². The topological polar surface area (TPSA) is 12.4 Å². The van der Waals surface area contributed by atoms with Crippen molar-refractivity contribution < 1.29 is 0 Å². The number of halogens is 3. The predicted octanol–water partition coefficient (Wildman–Crippen LogP) is 3.48. The number of rotatable bonds is 1. The van der Waals surface area contributed by atoms with E-state index >= 15 is 0 Å². The first-order valence-corrected chi connectivity index (χ1v) is 6.00. The molecule has 0 saturated carbocycles. The summed E-state index contributed by atoms with van der Waals surface area (Å²) in [6.45, 7) is 0. The molecule has 0 spiro atoms. The molecule has 0 amide bonds. The van der Waals surface area contributed by atoms with Gasteiger partial charge in [-0.25, -0.2) is 0 Å². The quantitative estimate of drug-likeness (QED) is 0.354. The van der Waals surface area contributed by atoms with Gasteiger partial charge in [-0.05, 0) is 17.0 Å². The number of thiocarbonyl (C=S) groups is 1. The minimum atomic E-state index is -2.59. The second-order valence-corrected chi connectivity index (χ2v) is 7.79. The van der Waals surface area contributed by atoms with Gasteiger partial charge in [0, 0.05) is 0 Å². The summed E-state index contributed by atoms with van der Waals surface area (Å²) >= 11 is 19.7. The molecular weight excluding hydrogens is 195 g/mol. The van der Waals surface area contributed by atoms with Gasteiger partial charge in [-0.3, -0.25) is 0 Å². The van der Waals surface area contributed by atoms with Crippen molar-refractivity contribution in [3.05, 3.63) is 0 Å². The molecule has 0 rings (SSSR count). The monoisotopic (exact) mass is 194 g/mol. The van der Waals surface area contributed by atoms with Crippen molar-refractivity contribution in [3.8, 4) is 0 Å². The third kappa shape index (κ3) is 7.10. The Morgan fingerprint density at radius 2 is 1.86 bits per heavy atom. The highest BCUT2D eigenvalue weighted by Crippen LogP contribution is 2.74. The van der Waals surface area contributed by atoms with Crippen molar-refractivity contribution in [1.82, 2.24) is 0 Å². The van der Waals surface area contributed by atoms with Gasteiger partial charge < -0.3 is 0 Å². The lowest BCUT2D eigenvalue weighted by Gasteiger charge is -1.79. The zero-order valence-corrected chi connectivity index (χ0v) is 6.92. The summed E-state index contributed by atoms with van der Waals surface area (Å²) in [5.41, 5.74) is -2.59. The average molecular weight is 195 g/mol. The molecule has 0 heterocycles.